The first-order valence-corrected chi connectivity index (χ1v) is 23.4. The van der Waals surface area contributed by atoms with E-state index in [1.807, 2.05) is 0 Å². The number of aliphatic carboxylic acids is 1. The van der Waals surface area contributed by atoms with Gasteiger partial charge in [-0.15, -0.1) is 0 Å². The first-order valence-electron chi connectivity index (χ1n) is 21.9. The zero-order valence-corrected chi connectivity index (χ0v) is 36.1. The number of hydrogen-bond donors (Lipinski definition) is 6. The summed E-state index contributed by atoms with van der Waals surface area (Å²) in [4.78, 5) is 59.0. The number of aliphatic hydroxyl groups excluding tert-OH is 3. The molecule has 1 rings (SSSR count). The van der Waals surface area contributed by atoms with Crippen molar-refractivity contribution in [3.05, 3.63) is 12.2 Å². The number of phosphoric ester groups is 1. The highest BCUT2D eigenvalue weighted by atomic mass is 31.2. The van der Waals surface area contributed by atoms with Crippen molar-refractivity contribution in [1.29, 1.82) is 0 Å². The Morgan fingerprint density at radius 3 is 1.84 bits per heavy atom. The predicted octanol–water partition coefficient (Wildman–Crippen LogP) is 6.84. The van der Waals surface area contributed by atoms with Crippen molar-refractivity contribution in [2.24, 2.45) is 17.6 Å². The number of carbonyl (C=O) groups is 4. The van der Waals surface area contributed by atoms with Crippen molar-refractivity contribution in [2.45, 2.75) is 198 Å². The van der Waals surface area contributed by atoms with Gasteiger partial charge in [0.15, 0.2) is 6.10 Å². The summed E-state index contributed by atoms with van der Waals surface area (Å²) in [6.45, 7) is 2.31. The summed E-state index contributed by atoms with van der Waals surface area (Å²) in [5, 5.41) is 40.2. The molecule has 0 amide bonds. The number of aliphatic hydroxyl groups is 3. The number of rotatable bonds is 37. The number of esters is 2. The molecule has 0 bridgehead atoms. The van der Waals surface area contributed by atoms with Crippen molar-refractivity contribution in [3.63, 3.8) is 0 Å². The van der Waals surface area contributed by atoms with Crippen LogP contribution in [0.5, 0.6) is 0 Å². The molecule has 0 spiro atoms. The maximum absolute atomic E-state index is 12.9. The zero-order chi connectivity index (χ0) is 43.2. The van der Waals surface area contributed by atoms with Crippen LogP contribution in [-0.4, -0.2) is 99.3 Å². The van der Waals surface area contributed by atoms with Gasteiger partial charge < -0.3 is 40.5 Å². The molecule has 0 heterocycles. The molecule has 0 radical (unpaired) electrons. The third-order valence-corrected chi connectivity index (χ3v) is 11.4. The second-order valence-corrected chi connectivity index (χ2v) is 17.3. The number of carboxylic acids is 1. The molecule has 15 nitrogen and oxygen atoms in total. The fraction of sp³-hybridized carbons (Fsp3) is 0.857. The lowest BCUT2D eigenvalue weighted by atomic mass is 9.87. The van der Waals surface area contributed by atoms with Gasteiger partial charge >= 0.3 is 25.7 Å². The Bertz CT molecular complexity index is 1220. The minimum atomic E-state index is -4.82. The van der Waals surface area contributed by atoms with Gasteiger partial charge in [0.2, 0.25) is 0 Å². The molecule has 0 aromatic heterocycles. The van der Waals surface area contributed by atoms with E-state index in [1.54, 1.807) is 12.2 Å². The molecule has 0 aromatic carbocycles. The summed E-state index contributed by atoms with van der Waals surface area (Å²) in [6, 6.07) is -1.58. The molecule has 7 N–H and O–H groups in total. The standard InChI is InChI=1S/C42H76NO14P/c1-3-5-7-8-9-10-11-12-13-14-15-16-18-23-40(48)54-29-34(30-55-58(52,53)56-31-37(43)42(50)51)57-41(49)24-20-19-22-33(45)27-36-35(38(46)28-39(36)47)26-25-32(44)21-17-6-4-2/h25-26,32,34-39,44,46-47H,3-24,27-31,43H2,1-2H3,(H,50,51)(H,52,53)/b26-25+/t32-,34+,35+,36+,37-,38+,39-/m0/s1. The molecule has 16 heteroatoms. The minimum absolute atomic E-state index is 0.0361. The first-order chi connectivity index (χ1) is 27.7. The number of carboxylic acid groups (broad SMARTS) is 1. The summed E-state index contributed by atoms with van der Waals surface area (Å²) in [7, 11) is -4.82. The van der Waals surface area contributed by atoms with Crippen molar-refractivity contribution in [1.82, 2.24) is 0 Å². The molecule has 1 fully saturated rings. The lowest BCUT2D eigenvalue weighted by Crippen LogP contribution is -2.34. The highest BCUT2D eigenvalue weighted by Crippen LogP contribution is 2.43. The van der Waals surface area contributed by atoms with E-state index in [9.17, 15) is 44.0 Å². The zero-order valence-electron chi connectivity index (χ0n) is 35.2. The number of carbonyl (C=O) groups excluding carboxylic acids is 3. The van der Waals surface area contributed by atoms with E-state index in [1.165, 1.54) is 57.8 Å². The van der Waals surface area contributed by atoms with E-state index < -0.39 is 87.8 Å². The molecule has 1 unspecified atom stereocenters. The Labute approximate surface area is 346 Å². The van der Waals surface area contributed by atoms with Crippen LogP contribution in [0.15, 0.2) is 12.2 Å². The number of nitrogens with two attached hydrogens (primary N) is 1. The Hall–Kier alpha value is -2.23. The summed E-state index contributed by atoms with van der Waals surface area (Å²) in [5.41, 5.74) is 5.32. The van der Waals surface area contributed by atoms with Gasteiger partial charge in [-0.25, -0.2) is 4.57 Å². The number of hydrogen-bond acceptors (Lipinski definition) is 13. The third kappa shape index (κ3) is 26.8. The summed E-state index contributed by atoms with van der Waals surface area (Å²) in [6.07, 6.45) is 19.2. The number of ether oxygens (including phenoxy) is 2. The largest absolute Gasteiger partial charge is 0.480 e. The second kappa shape index (κ2) is 32.5. The normalized spacial score (nSPS) is 20.7. The van der Waals surface area contributed by atoms with E-state index >= 15 is 0 Å². The van der Waals surface area contributed by atoms with Gasteiger partial charge in [0, 0.05) is 43.9 Å². The van der Waals surface area contributed by atoms with Gasteiger partial charge in [-0.1, -0.05) is 122 Å². The van der Waals surface area contributed by atoms with Crippen LogP contribution in [0.3, 0.4) is 0 Å². The number of Topliss-reactive ketones (excluding diaryl/α,β-unsaturated/α-hetero) is 1. The summed E-state index contributed by atoms with van der Waals surface area (Å²) < 4.78 is 32.6. The smallest absolute Gasteiger partial charge is 0.472 e. The van der Waals surface area contributed by atoms with Gasteiger partial charge in [-0.2, -0.15) is 0 Å². The molecule has 1 saturated carbocycles. The van der Waals surface area contributed by atoms with E-state index in [0.29, 0.717) is 19.3 Å². The average molecular weight is 850 g/mol. The van der Waals surface area contributed by atoms with Crippen molar-refractivity contribution in [3.8, 4) is 0 Å². The molecular weight excluding hydrogens is 773 g/mol. The molecule has 1 aliphatic rings. The molecule has 8 atom stereocenters. The molecule has 0 aromatic rings. The van der Waals surface area contributed by atoms with Crippen LogP contribution in [0.25, 0.3) is 0 Å². The van der Waals surface area contributed by atoms with Gasteiger partial charge in [0.05, 0.1) is 31.5 Å². The quantitative estimate of drug-likeness (QED) is 0.0162. The Kier molecular flexibility index (Phi) is 30.2. The van der Waals surface area contributed by atoms with Gasteiger partial charge in [-0.3, -0.25) is 28.2 Å². The topological polar surface area (TPSA) is 249 Å². The van der Waals surface area contributed by atoms with Crippen LogP contribution in [0, 0.1) is 11.8 Å². The lowest BCUT2D eigenvalue weighted by Gasteiger charge is -2.21. The van der Waals surface area contributed by atoms with Crippen LogP contribution < -0.4 is 5.73 Å². The first kappa shape index (κ1) is 53.8. The fourth-order valence-corrected chi connectivity index (χ4v) is 7.72. The van der Waals surface area contributed by atoms with Gasteiger partial charge in [-0.05, 0) is 25.7 Å². The molecular formula is C42H76NO14P. The minimum Gasteiger partial charge on any atom is -0.480 e. The molecule has 0 saturated heterocycles. The predicted molar refractivity (Wildman–Crippen MR) is 219 cm³/mol. The van der Waals surface area contributed by atoms with Crippen molar-refractivity contribution in [2.75, 3.05) is 19.8 Å². The summed E-state index contributed by atoms with van der Waals surface area (Å²) in [5.74, 6) is -3.82. The van der Waals surface area contributed by atoms with Gasteiger partial charge in [0.1, 0.15) is 18.4 Å². The number of unbranched alkanes of at least 4 members (excludes halogenated alkanes) is 15. The Morgan fingerprint density at radius 1 is 0.724 bits per heavy atom. The summed E-state index contributed by atoms with van der Waals surface area (Å²) >= 11 is 0. The van der Waals surface area contributed by atoms with Crippen LogP contribution in [-0.2, 0) is 42.3 Å². The Morgan fingerprint density at radius 2 is 1.24 bits per heavy atom. The second-order valence-electron chi connectivity index (χ2n) is 15.8. The third-order valence-electron chi connectivity index (χ3n) is 10.5. The molecule has 0 aliphatic heterocycles. The number of ketones is 1. The Balaban J connectivity index is 2.54. The van der Waals surface area contributed by atoms with E-state index in [4.69, 9.17) is 24.8 Å². The molecule has 58 heavy (non-hydrogen) atoms. The van der Waals surface area contributed by atoms with Crippen molar-refractivity contribution >= 4 is 31.5 Å². The lowest BCUT2D eigenvalue weighted by molar-refractivity contribution is -0.161. The van der Waals surface area contributed by atoms with Crippen LogP contribution in [0.2, 0.25) is 0 Å². The average Bonchev–Trinajstić information content (AvgIpc) is 3.44. The maximum atomic E-state index is 12.9. The van der Waals surface area contributed by atoms with Crippen LogP contribution in [0.1, 0.15) is 168 Å². The highest BCUT2D eigenvalue weighted by Gasteiger charge is 2.41. The van der Waals surface area contributed by atoms with E-state index in [0.717, 1.165) is 38.5 Å². The van der Waals surface area contributed by atoms with Crippen molar-refractivity contribution < 1.29 is 67.6 Å². The fourth-order valence-electron chi connectivity index (χ4n) is 6.94. The monoisotopic (exact) mass is 850 g/mol. The number of phosphoric acid groups is 1. The van der Waals surface area contributed by atoms with E-state index in [2.05, 4.69) is 18.4 Å². The van der Waals surface area contributed by atoms with Gasteiger partial charge in [0.25, 0.3) is 0 Å². The van der Waals surface area contributed by atoms with Crippen LogP contribution >= 0.6 is 7.82 Å². The molecule has 338 valence electrons. The molecule has 1 aliphatic carbocycles. The maximum Gasteiger partial charge on any atom is 0.472 e. The van der Waals surface area contributed by atoms with Crippen LogP contribution in [0.4, 0.5) is 0 Å². The van der Waals surface area contributed by atoms with E-state index in [-0.39, 0.29) is 44.3 Å². The highest BCUT2D eigenvalue weighted by molar-refractivity contribution is 7.47. The SMILES string of the molecule is CCCCCCCCCCCCCCCC(=O)OC[C@H](COP(=O)(O)OC[C@H](N)C(=O)O)OC(=O)CCCCC(=O)C[C@@H]1[C@@H](/C=C/[C@@H](O)CCCCC)[C@H](O)C[C@@H]1O.